The van der Waals surface area contributed by atoms with Gasteiger partial charge in [0.2, 0.25) is 0 Å². The van der Waals surface area contributed by atoms with Crippen LogP contribution in [0.25, 0.3) is 0 Å². The molecule has 17 heavy (non-hydrogen) atoms. The summed E-state index contributed by atoms with van der Waals surface area (Å²) in [5, 5.41) is 3.81. The minimum absolute atomic E-state index is 0.454. The molecular weight excluding hydrogens is 208 g/mol. The van der Waals surface area contributed by atoms with Crippen LogP contribution in [0.2, 0.25) is 0 Å². The van der Waals surface area contributed by atoms with Gasteiger partial charge in [-0.1, -0.05) is 27.7 Å². The number of piperidine rings is 2. The Hall–Kier alpha value is -0.0800. The zero-order chi connectivity index (χ0) is 12.8. The molecular formula is C15H30N2. The van der Waals surface area contributed by atoms with Crippen molar-refractivity contribution < 1.29 is 0 Å². The van der Waals surface area contributed by atoms with Gasteiger partial charge in [0.15, 0.2) is 0 Å². The van der Waals surface area contributed by atoms with Crippen molar-refractivity contribution in [1.82, 2.24) is 10.2 Å². The van der Waals surface area contributed by atoms with Gasteiger partial charge in [0.25, 0.3) is 0 Å². The predicted molar refractivity (Wildman–Crippen MR) is 74.2 cm³/mol. The summed E-state index contributed by atoms with van der Waals surface area (Å²) >= 11 is 0. The molecule has 0 amide bonds. The van der Waals surface area contributed by atoms with E-state index in [1.807, 2.05) is 0 Å². The molecule has 2 aliphatic heterocycles. The third-order valence-electron chi connectivity index (χ3n) is 4.54. The van der Waals surface area contributed by atoms with Crippen molar-refractivity contribution in [2.75, 3.05) is 13.1 Å². The summed E-state index contributed by atoms with van der Waals surface area (Å²) in [7, 11) is 0. The summed E-state index contributed by atoms with van der Waals surface area (Å²) in [5.74, 6) is 0. The van der Waals surface area contributed by atoms with E-state index in [9.17, 15) is 0 Å². The first-order valence-electron chi connectivity index (χ1n) is 7.19. The molecule has 2 aliphatic rings. The molecule has 1 N–H and O–H groups in total. The highest BCUT2D eigenvalue weighted by atomic mass is 15.2. The highest BCUT2D eigenvalue weighted by Gasteiger charge is 2.45. The van der Waals surface area contributed by atoms with E-state index in [1.54, 1.807) is 0 Å². The van der Waals surface area contributed by atoms with Gasteiger partial charge in [0.1, 0.15) is 0 Å². The Bertz CT molecular complexity index is 281. The molecule has 0 saturated carbocycles. The number of hydrogen-bond acceptors (Lipinski definition) is 2. The topological polar surface area (TPSA) is 15.3 Å². The van der Waals surface area contributed by atoms with Gasteiger partial charge < -0.3 is 5.32 Å². The number of nitrogens with zero attached hydrogens (tertiary/aromatic N) is 1. The van der Waals surface area contributed by atoms with Crippen LogP contribution in [0.15, 0.2) is 0 Å². The maximum absolute atomic E-state index is 3.81. The van der Waals surface area contributed by atoms with Crippen LogP contribution < -0.4 is 5.32 Å². The Morgan fingerprint density at radius 3 is 2.29 bits per heavy atom. The lowest BCUT2D eigenvalue weighted by Crippen LogP contribution is -2.65. The van der Waals surface area contributed by atoms with Crippen LogP contribution in [0.1, 0.15) is 54.4 Å². The first-order valence-corrected chi connectivity index (χ1v) is 7.19. The molecule has 2 rings (SSSR count). The van der Waals surface area contributed by atoms with Crippen molar-refractivity contribution in [2.24, 2.45) is 10.8 Å². The van der Waals surface area contributed by atoms with Crippen molar-refractivity contribution in [3.8, 4) is 0 Å². The van der Waals surface area contributed by atoms with Gasteiger partial charge in [0, 0.05) is 31.2 Å². The lowest BCUT2D eigenvalue weighted by Gasteiger charge is -2.55. The SMILES string of the molecule is CC(C)N1CC(C)(C)CC2NCC(C)(C)CC21. The molecule has 0 aromatic rings. The molecule has 0 bridgehead atoms. The van der Waals surface area contributed by atoms with E-state index in [-0.39, 0.29) is 0 Å². The molecule has 2 nitrogen and oxygen atoms in total. The Morgan fingerprint density at radius 2 is 1.71 bits per heavy atom. The van der Waals surface area contributed by atoms with Gasteiger partial charge in [-0.25, -0.2) is 0 Å². The first kappa shape index (κ1) is 13.4. The minimum atomic E-state index is 0.454. The third kappa shape index (κ3) is 2.85. The van der Waals surface area contributed by atoms with Gasteiger partial charge in [-0.15, -0.1) is 0 Å². The molecule has 2 heterocycles. The fraction of sp³-hybridized carbons (Fsp3) is 1.00. The Labute approximate surface area is 107 Å². The van der Waals surface area contributed by atoms with Crippen LogP contribution >= 0.6 is 0 Å². The second kappa shape index (κ2) is 4.24. The molecule has 2 atom stereocenters. The molecule has 2 unspecified atom stereocenters. The van der Waals surface area contributed by atoms with Crippen molar-refractivity contribution in [1.29, 1.82) is 0 Å². The van der Waals surface area contributed by atoms with E-state index < -0.39 is 0 Å². The van der Waals surface area contributed by atoms with Gasteiger partial charge >= 0.3 is 0 Å². The summed E-state index contributed by atoms with van der Waals surface area (Å²) in [5.41, 5.74) is 0.912. The molecule has 2 heteroatoms. The van der Waals surface area contributed by atoms with Crippen molar-refractivity contribution in [3.05, 3.63) is 0 Å². The standard InChI is InChI=1S/C15H30N2/c1-11(2)17-10-15(5,6)7-12-13(17)8-14(3,4)9-16-12/h11-13,16H,7-10H2,1-6H3. The molecule has 100 valence electrons. The lowest BCUT2D eigenvalue weighted by molar-refractivity contribution is -0.0281. The van der Waals surface area contributed by atoms with Crippen LogP contribution in [-0.4, -0.2) is 36.1 Å². The Morgan fingerprint density at radius 1 is 1.06 bits per heavy atom. The number of nitrogens with one attached hydrogen (secondary N) is 1. The van der Waals surface area contributed by atoms with Crippen LogP contribution in [0.3, 0.4) is 0 Å². The van der Waals surface area contributed by atoms with E-state index in [0.717, 1.165) is 6.04 Å². The molecule has 0 radical (unpaired) electrons. The van der Waals surface area contributed by atoms with Gasteiger partial charge in [-0.3, -0.25) is 4.90 Å². The van der Waals surface area contributed by atoms with E-state index in [4.69, 9.17) is 0 Å². The highest BCUT2D eigenvalue weighted by Crippen LogP contribution is 2.40. The molecule has 2 saturated heterocycles. The predicted octanol–water partition coefficient (Wildman–Crippen LogP) is 2.88. The monoisotopic (exact) mass is 238 g/mol. The van der Waals surface area contributed by atoms with E-state index in [2.05, 4.69) is 51.8 Å². The van der Waals surface area contributed by atoms with Crippen LogP contribution in [0.4, 0.5) is 0 Å². The average molecular weight is 238 g/mol. The van der Waals surface area contributed by atoms with Gasteiger partial charge in [0.05, 0.1) is 0 Å². The number of likely N-dealkylation sites (tertiary alicyclic amines) is 1. The van der Waals surface area contributed by atoms with Crippen molar-refractivity contribution in [2.45, 2.75) is 72.5 Å². The summed E-state index contributed by atoms with van der Waals surface area (Å²) < 4.78 is 0. The van der Waals surface area contributed by atoms with Crippen molar-refractivity contribution >= 4 is 0 Å². The molecule has 2 fully saturated rings. The average Bonchev–Trinajstić information content (AvgIpc) is 2.16. The second-order valence-electron chi connectivity index (χ2n) is 8.06. The number of hydrogen-bond donors (Lipinski definition) is 1. The van der Waals surface area contributed by atoms with E-state index >= 15 is 0 Å². The molecule has 0 aromatic carbocycles. The zero-order valence-corrected chi connectivity index (χ0v) is 12.5. The Balaban J connectivity index is 2.19. The lowest BCUT2D eigenvalue weighted by atomic mass is 9.70. The third-order valence-corrected chi connectivity index (χ3v) is 4.54. The molecule has 0 spiro atoms. The number of fused-ring (bicyclic) bond motifs is 1. The van der Waals surface area contributed by atoms with E-state index in [1.165, 1.54) is 25.9 Å². The summed E-state index contributed by atoms with van der Waals surface area (Å²) in [6, 6.07) is 2.11. The fourth-order valence-corrected chi connectivity index (χ4v) is 3.72. The summed E-state index contributed by atoms with van der Waals surface area (Å²) in [6.45, 7) is 16.8. The van der Waals surface area contributed by atoms with Gasteiger partial charge in [-0.2, -0.15) is 0 Å². The van der Waals surface area contributed by atoms with Crippen molar-refractivity contribution in [3.63, 3.8) is 0 Å². The van der Waals surface area contributed by atoms with E-state index in [0.29, 0.717) is 22.9 Å². The van der Waals surface area contributed by atoms with Crippen LogP contribution in [0.5, 0.6) is 0 Å². The smallest absolute Gasteiger partial charge is 0.0258 e. The second-order valence-corrected chi connectivity index (χ2v) is 8.06. The Kier molecular flexibility index (Phi) is 3.33. The fourth-order valence-electron chi connectivity index (χ4n) is 3.72. The number of rotatable bonds is 1. The van der Waals surface area contributed by atoms with Crippen LogP contribution in [0, 0.1) is 10.8 Å². The maximum atomic E-state index is 3.81. The van der Waals surface area contributed by atoms with Crippen LogP contribution in [-0.2, 0) is 0 Å². The summed E-state index contributed by atoms with van der Waals surface area (Å²) in [6.07, 6.45) is 2.68. The molecule has 0 aromatic heterocycles. The minimum Gasteiger partial charge on any atom is -0.312 e. The largest absolute Gasteiger partial charge is 0.312 e. The quantitative estimate of drug-likeness (QED) is 0.755. The van der Waals surface area contributed by atoms with Gasteiger partial charge in [-0.05, 0) is 37.5 Å². The summed E-state index contributed by atoms with van der Waals surface area (Å²) in [4.78, 5) is 2.74. The maximum Gasteiger partial charge on any atom is 0.0258 e. The highest BCUT2D eigenvalue weighted by molar-refractivity contribution is 5.02. The first-order chi connectivity index (χ1) is 7.70. The normalized spacial score (nSPS) is 36.9. The zero-order valence-electron chi connectivity index (χ0n) is 12.5. The molecule has 0 aliphatic carbocycles.